The molecule has 0 unspecified atom stereocenters. The molecule has 1 rings (SSSR count). The van der Waals surface area contributed by atoms with Gasteiger partial charge in [-0.2, -0.15) is 0 Å². The zero-order chi connectivity index (χ0) is 12.9. The van der Waals surface area contributed by atoms with Gasteiger partial charge in [0.15, 0.2) is 0 Å². The molecule has 0 fully saturated rings. The molecule has 0 aliphatic carbocycles. The number of rotatable bonds is 5. The van der Waals surface area contributed by atoms with Crippen molar-refractivity contribution in [1.82, 2.24) is 0 Å². The summed E-state index contributed by atoms with van der Waals surface area (Å²) in [5.74, 6) is -0.801. The minimum atomic E-state index is -0.801. The molecule has 0 aliphatic rings. The lowest BCUT2D eigenvalue weighted by Gasteiger charge is -2.23. The van der Waals surface area contributed by atoms with Crippen molar-refractivity contribution in [2.45, 2.75) is 39.0 Å². The smallest absolute Gasteiger partial charge is 0.307 e. The van der Waals surface area contributed by atoms with E-state index in [1.165, 1.54) is 5.56 Å². The minimum absolute atomic E-state index is 0.0716. The third-order valence-electron chi connectivity index (χ3n) is 3.18. The summed E-state index contributed by atoms with van der Waals surface area (Å²) >= 11 is 0. The summed E-state index contributed by atoms with van der Waals surface area (Å²) in [7, 11) is 0. The van der Waals surface area contributed by atoms with Crippen molar-refractivity contribution < 1.29 is 9.90 Å². The molecule has 1 N–H and O–H groups in total. The van der Waals surface area contributed by atoms with Crippen molar-refractivity contribution in [2.24, 2.45) is 0 Å². The molecular formula is C15H20O2. The lowest BCUT2D eigenvalue weighted by Crippen LogP contribution is -2.14. The molecule has 0 aromatic heterocycles. The van der Waals surface area contributed by atoms with Gasteiger partial charge in [-0.05, 0) is 23.0 Å². The van der Waals surface area contributed by atoms with Gasteiger partial charge in [-0.3, -0.25) is 4.79 Å². The Morgan fingerprint density at radius 2 is 1.88 bits per heavy atom. The van der Waals surface area contributed by atoms with Crippen LogP contribution in [0.2, 0.25) is 0 Å². The number of carboxylic acid groups (broad SMARTS) is 1. The molecule has 0 saturated heterocycles. The lowest BCUT2D eigenvalue weighted by molar-refractivity contribution is -0.135. The van der Waals surface area contributed by atoms with Gasteiger partial charge in [0.1, 0.15) is 0 Å². The van der Waals surface area contributed by atoms with Crippen LogP contribution in [-0.4, -0.2) is 11.1 Å². The summed E-state index contributed by atoms with van der Waals surface area (Å²) in [4.78, 5) is 10.4. The predicted octanol–water partition coefficient (Wildman–Crippen LogP) is 3.86. The summed E-state index contributed by atoms with van der Waals surface area (Å²) in [6.45, 7) is 6.63. The normalized spacial score (nSPS) is 11.9. The Balaban J connectivity index is 2.75. The highest BCUT2D eigenvalue weighted by Gasteiger charge is 2.16. The Morgan fingerprint density at radius 3 is 2.35 bits per heavy atom. The van der Waals surface area contributed by atoms with Crippen LogP contribution in [0.15, 0.2) is 30.3 Å². The Bertz CT molecular complexity index is 399. The number of benzene rings is 1. The van der Waals surface area contributed by atoms with E-state index in [1.807, 2.05) is 18.2 Å². The fourth-order valence-electron chi connectivity index (χ4n) is 1.55. The van der Waals surface area contributed by atoms with Gasteiger partial charge in [0, 0.05) is 0 Å². The van der Waals surface area contributed by atoms with Crippen LogP contribution in [0.5, 0.6) is 0 Å². The number of hydrogen-bond acceptors (Lipinski definition) is 1. The van der Waals surface area contributed by atoms with Crippen LogP contribution in [0.3, 0.4) is 0 Å². The van der Waals surface area contributed by atoms with Gasteiger partial charge in [-0.1, -0.05) is 57.2 Å². The van der Waals surface area contributed by atoms with E-state index in [9.17, 15) is 4.79 Å². The van der Waals surface area contributed by atoms with Crippen LogP contribution >= 0.6 is 0 Å². The molecule has 0 amide bonds. The summed E-state index contributed by atoms with van der Waals surface area (Å²) in [5.41, 5.74) is 2.56. The van der Waals surface area contributed by atoms with Crippen molar-refractivity contribution in [3.63, 3.8) is 0 Å². The second-order valence-corrected chi connectivity index (χ2v) is 4.86. The molecule has 0 bridgehead atoms. The maximum atomic E-state index is 10.4. The van der Waals surface area contributed by atoms with Crippen molar-refractivity contribution in [3.8, 4) is 0 Å². The number of aliphatic carboxylic acids is 1. The first-order chi connectivity index (χ1) is 7.95. The predicted molar refractivity (Wildman–Crippen MR) is 71.0 cm³/mol. The fourth-order valence-corrected chi connectivity index (χ4v) is 1.55. The van der Waals surface area contributed by atoms with Crippen molar-refractivity contribution in [2.75, 3.05) is 0 Å². The van der Waals surface area contributed by atoms with Crippen molar-refractivity contribution in [3.05, 3.63) is 41.5 Å². The Hall–Kier alpha value is -1.57. The zero-order valence-electron chi connectivity index (χ0n) is 10.7. The molecule has 1 aromatic rings. The largest absolute Gasteiger partial charge is 0.481 e. The second kappa shape index (κ2) is 5.67. The highest BCUT2D eigenvalue weighted by atomic mass is 16.4. The van der Waals surface area contributed by atoms with Crippen LogP contribution in [0.25, 0.3) is 6.08 Å². The molecular weight excluding hydrogens is 212 g/mol. The molecule has 0 spiro atoms. The second-order valence-electron chi connectivity index (χ2n) is 4.86. The number of carbonyl (C=O) groups is 1. The molecule has 0 aliphatic heterocycles. The molecule has 17 heavy (non-hydrogen) atoms. The first-order valence-corrected chi connectivity index (χ1v) is 5.94. The third-order valence-corrected chi connectivity index (χ3v) is 3.18. The molecule has 0 heterocycles. The third kappa shape index (κ3) is 4.06. The summed E-state index contributed by atoms with van der Waals surface area (Å²) in [5, 5.41) is 8.52. The van der Waals surface area contributed by atoms with Crippen LogP contribution < -0.4 is 0 Å². The molecule has 0 atom stereocenters. The van der Waals surface area contributed by atoms with Gasteiger partial charge in [0.05, 0.1) is 6.42 Å². The monoisotopic (exact) mass is 232 g/mol. The number of carboxylic acids is 1. The van der Waals surface area contributed by atoms with Crippen LogP contribution in [-0.2, 0) is 10.2 Å². The van der Waals surface area contributed by atoms with Crippen LogP contribution in [0.4, 0.5) is 0 Å². The zero-order valence-corrected chi connectivity index (χ0v) is 10.7. The lowest BCUT2D eigenvalue weighted by atomic mass is 9.82. The SMILES string of the molecule is CCC(C)(C)c1ccc(C=CCC(=O)O)cc1. The highest BCUT2D eigenvalue weighted by molar-refractivity contribution is 5.70. The van der Waals surface area contributed by atoms with E-state index in [1.54, 1.807) is 6.08 Å². The fraction of sp³-hybridized carbons (Fsp3) is 0.400. The molecule has 0 saturated carbocycles. The molecule has 92 valence electrons. The van der Waals surface area contributed by atoms with E-state index in [-0.39, 0.29) is 11.8 Å². The van der Waals surface area contributed by atoms with Crippen molar-refractivity contribution >= 4 is 12.0 Å². The standard InChI is InChI=1S/C15H20O2/c1-4-15(2,3)13-10-8-12(9-11-13)6-5-7-14(16)17/h5-6,8-11H,4,7H2,1-3H3,(H,16,17). The van der Waals surface area contributed by atoms with Gasteiger partial charge in [0.2, 0.25) is 0 Å². The topological polar surface area (TPSA) is 37.3 Å². The molecule has 2 heteroatoms. The van der Waals surface area contributed by atoms with Gasteiger partial charge in [0.25, 0.3) is 0 Å². The molecule has 0 radical (unpaired) electrons. The molecule has 1 aromatic carbocycles. The van der Waals surface area contributed by atoms with E-state index in [0.717, 1.165) is 12.0 Å². The summed E-state index contributed by atoms with van der Waals surface area (Å²) < 4.78 is 0. The van der Waals surface area contributed by atoms with E-state index in [2.05, 4.69) is 32.9 Å². The van der Waals surface area contributed by atoms with E-state index in [4.69, 9.17) is 5.11 Å². The van der Waals surface area contributed by atoms with Crippen LogP contribution in [0, 0.1) is 0 Å². The van der Waals surface area contributed by atoms with E-state index < -0.39 is 5.97 Å². The Kier molecular flexibility index (Phi) is 4.50. The maximum Gasteiger partial charge on any atom is 0.307 e. The van der Waals surface area contributed by atoms with Crippen molar-refractivity contribution in [1.29, 1.82) is 0 Å². The number of hydrogen-bond donors (Lipinski definition) is 1. The maximum absolute atomic E-state index is 10.4. The Labute approximate surface area is 103 Å². The van der Waals surface area contributed by atoms with Gasteiger partial charge in [-0.15, -0.1) is 0 Å². The van der Waals surface area contributed by atoms with Crippen LogP contribution in [0.1, 0.15) is 44.7 Å². The Morgan fingerprint density at radius 1 is 1.29 bits per heavy atom. The quantitative estimate of drug-likeness (QED) is 0.837. The summed E-state index contributed by atoms with van der Waals surface area (Å²) in [6.07, 6.45) is 4.68. The van der Waals surface area contributed by atoms with E-state index in [0.29, 0.717) is 0 Å². The first-order valence-electron chi connectivity index (χ1n) is 5.94. The van der Waals surface area contributed by atoms with E-state index >= 15 is 0 Å². The average molecular weight is 232 g/mol. The summed E-state index contributed by atoms with van der Waals surface area (Å²) in [6, 6.07) is 8.30. The average Bonchev–Trinajstić information content (AvgIpc) is 2.29. The highest BCUT2D eigenvalue weighted by Crippen LogP contribution is 2.26. The molecule has 2 nitrogen and oxygen atoms in total. The van der Waals surface area contributed by atoms with Gasteiger partial charge < -0.3 is 5.11 Å². The first kappa shape index (κ1) is 13.5. The minimum Gasteiger partial charge on any atom is -0.481 e. The van der Waals surface area contributed by atoms with Gasteiger partial charge >= 0.3 is 5.97 Å². The van der Waals surface area contributed by atoms with Gasteiger partial charge in [-0.25, -0.2) is 0 Å².